The van der Waals surface area contributed by atoms with E-state index in [1.165, 1.54) is 0 Å². The number of nitrogen functional groups attached to an aromatic ring is 1. The van der Waals surface area contributed by atoms with Gasteiger partial charge >= 0.3 is 0 Å². The lowest BCUT2D eigenvalue weighted by atomic mass is 10.2. The molecule has 0 saturated carbocycles. The Morgan fingerprint density at radius 1 is 1.33 bits per heavy atom. The first-order chi connectivity index (χ1) is 8.52. The minimum Gasteiger partial charge on any atom is -0.495 e. The second-order valence-corrected chi connectivity index (χ2v) is 4.51. The number of ether oxygens (including phenoxy) is 1. The summed E-state index contributed by atoms with van der Waals surface area (Å²) in [5.74, 6) is 2.66. The van der Waals surface area contributed by atoms with Gasteiger partial charge in [-0.15, -0.1) is 0 Å². The average molecular weight is 246 g/mol. The topological polar surface area (TPSA) is 66.0 Å². The lowest BCUT2D eigenvalue weighted by molar-refractivity contribution is 0.417. The number of aromatic nitrogens is 3. The highest BCUT2D eigenvalue weighted by Crippen LogP contribution is 2.24. The van der Waals surface area contributed by atoms with Gasteiger partial charge in [0.05, 0.1) is 18.5 Å². The van der Waals surface area contributed by atoms with Gasteiger partial charge in [0.1, 0.15) is 11.6 Å². The third-order valence-corrected chi connectivity index (χ3v) is 2.76. The van der Waals surface area contributed by atoms with E-state index in [0.29, 0.717) is 17.4 Å². The summed E-state index contributed by atoms with van der Waals surface area (Å²) < 4.78 is 6.94. The van der Waals surface area contributed by atoms with Crippen LogP contribution in [0.1, 0.15) is 31.4 Å². The second-order valence-electron chi connectivity index (χ2n) is 4.51. The van der Waals surface area contributed by atoms with Crippen LogP contribution in [-0.4, -0.2) is 21.9 Å². The van der Waals surface area contributed by atoms with Crippen LogP contribution in [0.3, 0.4) is 0 Å². The maximum atomic E-state index is 5.90. The first-order valence-corrected chi connectivity index (χ1v) is 5.90. The van der Waals surface area contributed by atoms with Gasteiger partial charge in [-0.25, -0.2) is 9.67 Å². The number of aryl methyl sites for hydroxylation is 1. The molecule has 0 fully saturated rings. The molecule has 1 aromatic carbocycles. The van der Waals surface area contributed by atoms with E-state index in [-0.39, 0.29) is 0 Å². The van der Waals surface area contributed by atoms with Crippen molar-refractivity contribution in [2.75, 3.05) is 12.8 Å². The first kappa shape index (κ1) is 12.4. The highest BCUT2D eigenvalue weighted by atomic mass is 16.5. The smallest absolute Gasteiger partial charge is 0.153 e. The summed E-state index contributed by atoms with van der Waals surface area (Å²) in [4.78, 5) is 4.44. The van der Waals surface area contributed by atoms with Crippen LogP contribution in [0, 0.1) is 6.92 Å². The quantitative estimate of drug-likeness (QED) is 0.844. The monoisotopic (exact) mass is 246 g/mol. The molecule has 0 amide bonds. The maximum absolute atomic E-state index is 5.90. The Morgan fingerprint density at radius 2 is 2.06 bits per heavy atom. The van der Waals surface area contributed by atoms with Gasteiger partial charge in [-0.2, -0.15) is 5.10 Å². The van der Waals surface area contributed by atoms with Crippen LogP contribution in [0.2, 0.25) is 0 Å². The number of benzene rings is 1. The molecule has 5 heteroatoms. The zero-order valence-corrected chi connectivity index (χ0v) is 11.1. The van der Waals surface area contributed by atoms with Crippen molar-refractivity contribution < 1.29 is 4.74 Å². The zero-order chi connectivity index (χ0) is 13.3. The van der Waals surface area contributed by atoms with Crippen LogP contribution >= 0.6 is 0 Å². The van der Waals surface area contributed by atoms with Crippen molar-refractivity contribution in [1.29, 1.82) is 0 Å². The normalized spacial score (nSPS) is 10.9. The standard InChI is InChI=1S/C13H18N4O/c1-8(2)13-15-9(3)17(16-13)10-5-6-12(18-4)11(14)7-10/h5-8H,14H2,1-4H3. The maximum Gasteiger partial charge on any atom is 0.153 e. The highest BCUT2D eigenvalue weighted by Gasteiger charge is 2.11. The van der Waals surface area contributed by atoms with Crippen molar-refractivity contribution in [3.63, 3.8) is 0 Å². The Hall–Kier alpha value is -2.04. The molecule has 0 aliphatic rings. The van der Waals surface area contributed by atoms with Gasteiger partial charge in [0, 0.05) is 5.92 Å². The van der Waals surface area contributed by atoms with Crippen LogP contribution < -0.4 is 10.5 Å². The summed E-state index contributed by atoms with van der Waals surface area (Å²) in [5, 5.41) is 4.49. The SMILES string of the molecule is COc1ccc(-n2nc(C(C)C)nc2C)cc1N. The molecule has 96 valence electrons. The second kappa shape index (κ2) is 4.68. The molecule has 1 heterocycles. The van der Waals surface area contributed by atoms with E-state index in [1.54, 1.807) is 11.8 Å². The van der Waals surface area contributed by atoms with Crippen molar-refractivity contribution in [1.82, 2.24) is 14.8 Å². The average Bonchev–Trinajstić information content (AvgIpc) is 2.71. The fourth-order valence-electron chi connectivity index (χ4n) is 1.75. The number of nitrogens with two attached hydrogens (primary N) is 1. The molecular formula is C13H18N4O. The zero-order valence-electron chi connectivity index (χ0n) is 11.1. The Balaban J connectivity index is 2.45. The molecule has 0 unspecified atom stereocenters. The van der Waals surface area contributed by atoms with Crippen LogP contribution in [0.15, 0.2) is 18.2 Å². The van der Waals surface area contributed by atoms with E-state index >= 15 is 0 Å². The molecule has 18 heavy (non-hydrogen) atoms. The predicted octanol–water partition coefficient (Wildman–Crippen LogP) is 2.29. The number of rotatable bonds is 3. The van der Waals surface area contributed by atoms with Crippen molar-refractivity contribution in [2.24, 2.45) is 0 Å². The van der Waals surface area contributed by atoms with Crippen molar-refractivity contribution in [3.05, 3.63) is 29.8 Å². The van der Waals surface area contributed by atoms with E-state index in [1.807, 2.05) is 25.1 Å². The number of nitrogens with zero attached hydrogens (tertiary/aromatic N) is 3. The lowest BCUT2D eigenvalue weighted by Crippen LogP contribution is -2.02. The molecule has 5 nitrogen and oxygen atoms in total. The van der Waals surface area contributed by atoms with Gasteiger partial charge in [0.25, 0.3) is 0 Å². The molecule has 2 aromatic rings. The number of hydrogen-bond donors (Lipinski definition) is 1. The van der Waals surface area contributed by atoms with Crippen LogP contribution in [0.25, 0.3) is 5.69 Å². The van der Waals surface area contributed by atoms with Gasteiger partial charge in [-0.3, -0.25) is 0 Å². The van der Waals surface area contributed by atoms with Gasteiger partial charge < -0.3 is 10.5 Å². The molecule has 1 aromatic heterocycles. The summed E-state index contributed by atoms with van der Waals surface area (Å²) >= 11 is 0. The van der Waals surface area contributed by atoms with Crippen molar-refractivity contribution in [3.8, 4) is 11.4 Å². The summed E-state index contributed by atoms with van der Waals surface area (Å²) in [7, 11) is 1.60. The first-order valence-electron chi connectivity index (χ1n) is 5.90. The number of hydrogen-bond acceptors (Lipinski definition) is 4. The van der Waals surface area contributed by atoms with Crippen LogP contribution in [-0.2, 0) is 0 Å². The van der Waals surface area contributed by atoms with E-state index < -0.39 is 0 Å². The molecule has 0 radical (unpaired) electrons. The fraction of sp³-hybridized carbons (Fsp3) is 0.385. The number of anilines is 1. The Morgan fingerprint density at radius 3 is 2.56 bits per heavy atom. The predicted molar refractivity (Wildman–Crippen MR) is 71.1 cm³/mol. The molecule has 0 spiro atoms. The molecule has 2 rings (SSSR count). The molecule has 2 N–H and O–H groups in total. The van der Waals surface area contributed by atoms with Crippen LogP contribution in [0.4, 0.5) is 5.69 Å². The van der Waals surface area contributed by atoms with E-state index in [9.17, 15) is 0 Å². The molecular weight excluding hydrogens is 228 g/mol. The molecule has 0 aliphatic heterocycles. The number of methoxy groups -OCH3 is 1. The Labute approximate surface area is 107 Å². The van der Waals surface area contributed by atoms with E-state index in [4.69, 9.17) is 10.5 Å². The lowest BCUT2D eigenvalue weighted by Gasteiger charge is -2.07. The van der Waals surface area contributed by atoms with Gasteiger partial charge in [0.15, 0.2) is 5.82 Å². The Bertz CT molecular complexity index is 560. The highest BCUT2D eigenvalue weighted by molar-refractivity contribution is 5.58. The summed E-state index contributed by atoms with van der Waals surface area (Å²) in [6.45, 7) is 6.07. The summed E-state index contributed by atoms with van der Waals surface area (Å²) in [5.41, 5.74) is 7.39. The molecule has 0 atom stereocenters. The third kappa shape index (κ3) is 2.16. The van der Waals surface area contributed by atoms with Crippen molar-refractivity contribution >= 4 is 5.69 Å². The fourth-order valence-corrected chi connectivity index (χ4v) is 1.75. The van der Waals surface area contributed by atoms with Gasteiger partial charge in [-0.1, -0.05) is 13.8 Å². The van der Waals surface area contributed by atoms with Gasteiger partial charge in [0.2, 0.25) is 0 Å². The van der Waals surface area contributed by atoms with Gasteiger partial charge in [-0.05, 0) is 25.1 Å². The summed E-state index contributed by atoms with van der Waals surface area (Å²) in [6, 6.07) is 5.59. The summed E-state index contributed by atoms with van der Waals surface area (Å²) in [6.07, 6.45) is 0. The molecule has 0 aliphatic carbocycles. The third-order valence-electron chi connectivity index (χ3n) is 2.76. The molecule has 0 saturated heterocycles. The minimum absolute atomic E-state index is 0.306. The van der Waals surface area contributed by atoms with E-state index in [2.05, 4.69) is 23.9 Å². The van der Waals surface area contributed by atoms with E-state index in [0.717, 1.165) is 17.3 Å². The molecule has 0 bridgehead atoms. The Kier molecular flexibility index (Phi) is 3.23. The van der Waals surface area contributed by atoms with Crippen molar-refractivity contribution in [2.45, 2.75) is 26.7 Å². The minimum atomic E-state index is 0.306. The van der Waals surface area contributed by atoms with Crippen LogP contribution in [0.5, 0.6) is 5.75 Å². The largest absolute Gasteiger partial charge is 0.495 e.